The number of carbonyl (C=O) groups excluding carboxylic acids is 2. The first kappa shape index (κ1) is 12.8. The van der Waals surface area contributed by atoms with E-state index in [4.69, 9.17) is 0 Å². The van der Waals surface area contributed by atoms with E-state index < -0.39 is 22.8 Å². The summed E-state index contributed by atoms with van der Waals surface area (Å²) in [7, 11) is 0. The summed E-state index contributed by atoms with van der Waals surface area (Å²) in [6.07, 6.45) is -4.87. The number of carbonyl (C=O) groups is 2. The molecule has 0 aliphatic rings. The number of halogens is 3. The van der Waals surface area contributed by atoms with Gasteiger partial charge in [0.15, 0.2) is 0 Å². The van der Waals surface area contributed by atoms with Gasteiger partial charge < -0.3 is 0 Å². The molecule has 6 heteroatoms. The number of ketones is 1. The number of Topliss-reactive ketones (excluding diaryl/α,β-unsaturated/α-hetero) is 1. The average molecular weight is 248 g/mol. The first-order valence-corrected chi connectivity index (χ1v) is 5.22. The Hall–Kier alpha value is -1.30. The molecule has 0 aromatic heterocycles. The van der Waals surface area contributed by atoms with Gasteiger partial charge >= 0.3 is 6.18 Å². The summed E-state index contributed by atoms with van der Waals surface area (Å²) in [6.45, 7) is 0. The minimum atomic E-state index is -4.87. The van der Waals surface area contributed by atoms with Crippen molar-refractivity contribution in [2.45, 2.75) is 6.18 Å². The van der Waals surface area contributed by atoms with E-state index in [0.717, 1.165) is 0 Å². The second-order valence-corrected chi connectivity index (χ2v) is 3.81. The lowest BCUT2D eigenvalue weighted by Gasteiger charge is -2.03. The quantitative estimate of drug-likeness (QED) is 0.824. The Kier molecular flexibility index (Phi) is 4.12. The molecule has 0 aliphatic heterocycles. The largest absolute Gasteiger partial charge is 0.450 e. The monoisotopic (exact) mass is 248 g/mol. The third-order valence-electron chi connectivity index (χ3n) is 1.66. The summed E-state index contributed by atoms with van der Waals surface area (Å²) in [6, 6.07) is 7.84. The summed E-state index contributed by atoms with van der Waals surface area (Å²) >= 11 is 0.356. The molecule has 0 aliphatic carbocycles. The lowest BCUT2D eigenvalue weighted by atomic mass is 10.2. The smallest absolute Gasteiger partial charge is 0.289 e. The van der Waals surface area contributed by atoms with Crippen LogP contribution in [0.5, 0.6) is 0 Å². The highest BCUT2D eigenvalue weighted by molar-refractivity contribution is 8.14. The molecule has 16 heavy (non-hydrogen) atoms. The molecule has 0 atom stereocenters. The Labute approximate surface area is 93.8 Å². The van der Waals surface area contributed by atoms with Crippen LogP contribution in [0.15, 0.2) is 30.3 Å². The zero-order valence-corrected chi connectivity index (χ0v) is 8.77. The van der Waals surface area contributed by atoms with E-state index in [1.165, 1.54) is 12.1 Å². The standard InChI is InChI=1S/C10H7F3O2S/c11-10(12,13)8(14)6-16-9(15)7-4-2-1-3-5-7/h1-5H,6H2. The van der Waals surface area contributed by atoms with Crippen molar-refractivity contribution in [2.75, 3.05) is 5.75 Å². The molecule has 86 valence electrons. The molecule has 0 spiro atoms. The van der Waals surface area contributed by atoms with Gasteiger partial charge in [-0.2, -0.15) is 13.2 Å². The molecule has 2 nitrogen and oxygen atoms in total. The SMILES string of the molecule is O=C(SCC(=O)C(F)(F)F)c1ccccc1. The summed E-state index contributed by atoms with van der Waals surface area (Å²) in [5, 5.41) is -0.543. The number of alkyl halides is 3. The van der Waals surface area contributed by atoms with Gasteiger partial charge in [0.05, 0.1) is 5.75 Å². The van der Waals surface area contributed by atoms with Crippen LogP contribution in [0.25, 0.3) is 0 Å². The molecule has 1 rings (SSSR count). The zero-order valence-electron chi connectivity index (χ0n) is 7.95. The molecule has 0 fully saturated rings. The van der Waals surface area contributed by atoms with Gasteiger partial charge in [0.25, 0.3) is 0 Å². The predicted octanol–water partition coefficient (Wildman–Crippen LogP) is 2.69. The topological polar surface area (TPSA) is 34.1 Å². The van der Waals surface area contributed by atoms with E-state index in [2.05, 4.69) is 0 Å². The summed E-state index contributed by atoms with van der Waals surface area (Å²) in [5.74, 6) is -2.78. The van der Waals surface area contributed by atoms with E-state index in [0.29, 0.717) is 11.8 Å². The van der Waals surface area contributed by atoms with E-state index in [1.807, 2.05) is 0 Å². The minimum Gasteiger partial charge on any atom is -0.289 e. The van der Waals surface area contributed by atoms with Gasteiger partial charge in [-0.25, -0.2) is 0 Å². The molecule has 0 radical (unpaired) electrons. The molecule has 0 amide bonds. The molecule has 0 saturated heterocycles. The Bertz CT molecular complexity index is 387. The van der Waals surface area contributed by atoms with Crippen molar-refractivity contribution in [1.29, 1.82) is 0 Å². The fourth-order valence-corrected chi connectivity index (χ4v) is 1.60. The highest BCUT2D eigenvalue weighted by atomic mass is 32.2. The van der Waals surface area contributed by atoms with Gasteiger partial charge in [-0.05, 0) is 0 Å². The molecular formula is C10H7F3O2S. The fraction of sp³-hybridized carbons (Fsp3) is 0.200. The van der Waals surface area contributed by atoms with Crippen molar-refractivity contribution in [3.63, 3.8) is 0 Å². The van der Waals surface area contributed by atoms with Gasteiger partial charge in [-0.15, -0.1) is 0 Å². The molecule has 1 aromatic rings. The predicted molar refractivity (Wildman–Crippen MR) is 54.3 cm³/mol. The van der Waals surface area contributed by atoms with Crippen LogP contribution in [0.3, 0.4) is 0 Å². The van der Waals surface area contributed by atoms with Crippen molar-refractivity contribution in [2.24, 2.45) is 0 Å². The van der Waals surface area contributed by atoms with Crippen LogP contribution in [0.4, 0.5) is 13.2 Å². The van der Waals surface area contributed by atoms with Crippen LogP contribution in [0.1, 0.15) is 10.4 Å². The van der Waals surface area contributed by atoms with E-state index in [9.17, 15) is 22.8 Å². The number of rotatable bonds is 3. The van der Waals surface area contributed by atoms with E-state index in [-0.39, 0.29) is 5.56 Å². The van der Waals surface area contributed by atoms with Gasteiger partial charge in [0.2, 0.25) is 10.9 Å². The van der Waals surface area contributed by atoms with Crippen LogP contribution in [-0.4, -0.2) is 22.8 Å². The van der Waals surface area contributed by atoms with Gasteiger partial charge in [-0.1, -0.05) is 42.1 Å². The van der Waals surface area contributed by atoms with Crippen LogP contribution >= 0.6 is 11.8 Å². The first-order valence-electron chi connectivity index (χ1n) is 4.23. The number of thioether (sulfide) groups is 1. The van der Waals surface area contributed by atoms with Crippen LogP contribution in [0.2, 0.25) is 0 Å². The Morgan fingerprint density at radius 1 is 1.12 bits per heavy atom. The average Bonchev–Trinajstić information content (AvgIpc) is 2.25. The van der Waals surface area contributed by atoms with E-state index in [1.54, 1.807) is 18.2 Å². The summed E-state index contributed by atoms with van der Waals surface area (Å²) < 4.78 is 35.5. The summed E-state index contributed by atoms with van der Waals surface area (Å²) in [5.41, 5.74) is 0.280. The van der Waals surface area contributed by atoms with Gasteiger partial charge in [-0.3, -0.25) is 9.59 Å². The lowest BCUT2D eigenvalue weighted by Crippen LogP contribution is -2.25. The zero-order chi connectivity index (χ0) is 12.2. The normalized spacial score (nSPS) is 11.2. The Morgan fingerprint density at radius 2 is 1.69 bits per heavy atom. The third-order valence-corrected chi connectivity index (χ3v) is 2.56. The highest BCUT2D eigenvalue weighted by Crippen LogP contribution is 2.20. The third kappa shape index (κ3) is 3.69. The molecule has 0 heterocycles. The lowest BCUT2D eigenvalue weighted by molar-refractivity contribution is -0.167. The van der Waals surface area contributed by atoms with Crippen LogP contribution < -0.4 is 0 Å². The minimum absolute atomic E-state index is 0.280. The summed E-state index contributed by atoms with van der Waals surface area (Å²) in [4.78, 5) is 21.8. The number of benzene rings is 1. The van der Waals surface area contributed by atoms with Gasteiger partial charge in [0, 0.05) is 5.56 Å². The second kappa shape index (κ2) is 5.16. The van der Waals surface area contributed by atoms with Gasteiger partial charge in [0.1, 0.15) is 0 Å². The van der Waals surface area contributed by atoms with Crippen molar-refractivity contribution in [1.82, 2.24) is 0 Å². The maximum Gasteiger partial charge on any atom is 0.450 e. The Balaban J connectivity index is 2.52. The van der Waals surface area contributed by atoms with Crippen molar-refractivity contribution < 1.29 is 22.8 Å². The fourth-order valence-electron chi connectivity index (χ4n) is 0.870. The molecular weight excluding hydrogens is 241 g/mol. The van der Waals surface area contributed by atoms with Crippen LogP contribution in [-0.2, 0) is 4.79 Å². The van der Waals surface area contributed by atoms with Crippen molar-refractivity contribution in [3.8, 4) is 0 Å². The van der Waals surface area contributed by atoms with E-state index >= 15 is 0 Å². The molecule has 0 saturated carbocycles. The molecule has 0 N–H and O–H groups in total. The Morgan fingerprint density at radius 3 is 2.19 bits per heavy atom. The molecule has 0 bridgehead atoms. The molecule has 1 aromatic carbocycles. The van der Waals surface area contributed by atoms with Crippen molar-refractivity contribution in [3.05, 3.63) is 35.9 Å². The molecule has 0 unspecified atom stereocenters. The number of hydrogen-bond acceptors (Lipinski definition) is 3. The highest BCUT2D eigenvalue weighted by Gasteiger charge is 2.38. The first-order chi connectivity index (χ1) is 7.41. The second-order valence-electron chi connectivity index (χ2n) is 2.86. The van der Waals surface area contributed by atoms with Crippen molar-refractivity contribution >= 4 is 22.7 Å². The number of hydrogen-bond donors (Lipinski definition) is 0. The maximum atomic E-state index is 11.8. The maximum absolute atomic E-state index is 11.8. The van der Waals surface area contributed by atoms with Crippen LogP contribution in [0, 0.1) is 0 Å².